The fourth-order valence-corrected chi connectivity index (χ4v) is 1.28. The molecule has 0 saturated heterocycles. The smallest absolute Gasteiger partial charge is 0.280 e. The second-order valence-corrected chi connectivity index (χ2v) is 2.95. The first-order chi connectivity index (χ1) is 7.70. The van der Waals surface area contributed by atoms with Crippen molar-refractivity contribution in [1.82, 2.24) is 0 Å². The van der Waals surface area contributed by atoms with Crippen molar-refractivity contribution in [3.63, 3.8) is 0 Å². The third-order valence-electron chi connectivity index (χ3n) is 1.98. The maximum absolute atomic E-state index is 10.8. The van der Waals surface area contributed by atoms with E-state index in [-0.39, 0.29) is 12.1 Å². The fourth-order valence-electron chi connectivity index (χ4n) is 1.28. The summed E-state index contributed by atoms with van der Waals surface area (Å²) in [5.41, 5.74) is 0.332. The van der Waals surface area contributed by atoms with Crippen LogP contribution in [-0.4, -0.2) is 18.3 Å². The highest BCUT2D eigenvalue weighted by Crippen LogP contribution is 2.29. The van der Waals surface area contributed by atoms with Gasteiger partial charge in [0.25, 0.3) is 5.69 Å². The van der Waals surface area contributed by atoms with E-state index in [4.69, 9.17) is 4.74 Å². The van der Waals surface area contributed by atoms with E-state index < -0.39 is 4.92 Å². The molecule has 0 spiro atoms. The molecule has 0 aliphatic rings. The Hall–Kier alpha value is -2.17. The molecule has 0 aromatic heterocycles. The number of aldehydes is 1. The molecule has 0 amide bonds. The number of hydrogen-bond acceptors (Lipinski definition) is 4. The minimum atomic E-state index is -0.483. The highest BCUT2D eigenvalue weighted by atomic mass is 16.6. The van der Waals surface area contributed by atoms with E-state index in [0.717, 1.165) is 6.29 Å². The minimum Gasteiger partial charge on any atom is -0.496 e. The standard InChI is InChI=1S/C11H11NO4/c1-16-11-7-4-6-10(12(14)15)9(11)5-2-3-8-13/h2,4-8H,3H2,1H3. The number of allylic oxidation sites excluding steroid dienone is 1. The van der Waals surface area contributed by atoms with Gasteiger partial charge in [-0.15, -0.1) is 0 Å². The van der Waals surface area contributed by atoms with Crippen LogP contribution < -0.4 is 4.74 Å². The Morgan fingerprint density at radius 3 is 2.81 bits per heavy atom. The Labute approximate surface area is 92.5 Å². The van der Waals surface area contributed by atoms with Gasteiger partial charge in [-0.25, -0.2) is 0 Å². The van der Waals surface area contributed by atoms with Crippen molar-refractivity contribution < 1.29 is 14.5 Å². The monoisotopic (exact) mass is 221 g/mol. The van der Waals surface area contributed by atoms with E-state index in [1.165, 1.54) is 19.3 Å². The SMILES string of the molecule is COc1cccc([N+](=O)[O-])c1C=CCC=O. The number of carbonyl (C=O) groups is 1. The molecule has 84 valence electrons. The van der Waals surface area contributed by atoms with Crippen LogP contribution in [0.25, 0.3) is 6.08 Å². The summed E-state index contributed by atoms with van der Waals surface area (Å²) in [5, 5.41) is 10.8. The molecule has 0 heterocycles. The maximum Gasteiger partial charge on any atom is 0.280 e. The van der Waals surface area contributed by atoms with Crippen LogP contribution in [0.1, 0.15) is 12.0 Å². The van der Waals surface area contributed by atoms with Crippen LogP contribution in [0.3, 0.4) is 0 Å². The van der Waals surface area contributed by atoms with Crippen LogP contribution in [0, 0.1) is 10.1 Å². The van der Waals surface area contributed by atoms with Gasteiger partial charge < -0.3 is 9.53 Å². The average molecular weight is 221 g/mol. The normalized spacial score (nSPS) is 10.3. The number of ether oxygens (including phenoxy) is 1. The van der Waals surface area contributed by atoms with Gasteiger partial charge in [0, 0.05) is 12.5 Å². The van der Waals surface area contributed by atoms with Crippen LogP contribution in [-0.2, 0) is 4.79 Å². The molecule has 0 radical (unpaired) electrons. The number of nitro groups is 1. The third-order valence-corrected chi connectivity index (χ3v) is 1.98. The van der Waals surface area contributed by atoms with Crippen molar-refractivity contribution in [2.75, 3.05) is 7.11 Å². The van der Waals surface area contributed by atoms with Gasteiger partial charge in [-0.05, 0) is 12.1 Å². The lowest BCUT2D eigenvalue weighted by atomic mass is 10.1. The third kappa shape index (κ3) is 2.66. The van der Waals surface area contributed by atoms with Gasteiger partial charge in [-0.2, -0.15) is 0 Å². The molecule has 0 atom stereocenters. The second-order valence-electron chi connectivity index (χ2n) is 2.95. The molecule has 0 saturated carbocycles. The van der Waals surface area contributed by atoms with Crippen LogP contribution in [0.15, 0.2) is 24.3 Å². The quantitative estimate of drug-likeness (QED) is 0.434. The molecule has 16 heavy (non-hydrogen) atoms. The lowest BCUT2D eigenvalue weighted by molar-refractivity contribution is -0.385. The summed E-state index contributed by atoms with van der Waals surface area (Å²) in [6, 6.07) is 4.57. The first kappa shape index (κ1) is 11.9. The summed E-state index contributed by atoms with van der Waals surface area (Å²) in [7, 11) is 1.44. The number of methoxy groups -OCH3 is 1. The topological polar surface area (TPSA) is 69.4 Å². The molecule has 0 bridgehead atoms. The maximum atomic E-state index is 10.8. The predicted molar refractivity (Wildman–Crippen MR) is 59.4 cm³/mol. The van der Waals surface area contributed by atoms with Crippen LogP contribution in [0.4, 0.5) is 5.69 Å². The molecule has 0 aliphatic carbocycles. The highest BCUT2D eigenvalue weighted by molar-refractivity contribution is 5.69. The summed E-state index contributed by atoms with van der Waals surface area (Å²) in [6.45, 7) is 0. The van der Waals surface area contributed by atoms with E-state index in [1.807, 2.05) is 0 Å². The Kier molecular flexibility index (Phi) is 4.20. The summed E-state index contributed by atoms with van der Waals surface area (Å²) in [5.74, 6) is 0.413. The highest BCUT2D eigenvalue weighted by Gasteiger charge is 2.15. The summed E-state index contributed by atoms with van der Waals surface area (Å²) in [6.07, 6.45) is 4.01. The molecule has 5 nitrogen and oxygen atoms in total. The fraction of sp³-hybridized carbons (Fsp3) is 0.182. The first-order valence-corrected chi connectivity index (χ1v) is 4.62. The summed E-state index contributed by atoms with van der Waals surface area (Å²) < 4.78 is 5.02. The van der Waals surface area contributed by atoms with Crippen molar-refractivity contribution >= 4 is 18.0 Å². The number of nitrogens with zero attached hydrogens (tertiary/aromatic N) is 1. The van der Waals surface area contributed by atoms with Crippen molar-refractivity contribution in [2.24, 2.45) is 0 Å². The lowest BCUT2D eigenvalue weighted by Gasteiger charge is -2.04. The molecule has 0 N–H and O–H groups in total. The zero-order valence-corrected chi connectivity index (χ0v) is 8.75. The summed E-state index contributed by atoms with van der Waals surface area (Å²) in [4.78, 5) is 20.4. The van der Waals surface area contributed by atoms with Gasteiger partial charge in [-0.3, -0.25) is 10.1 Å². The molecular weight excluding hydrogens is 210 g/mol. The molecule has 0 unspecified atom stereocenters. The molecule has 0 fully saturated rings. The van der Waals surface area contributed by atoms with Gasteiger partial charge in [0.15, 0.2) is 0 Å². The van der Waals surface area contributed by atoms with E-state index in [9.17, 15) is 14.9 Å². The lowest BCUT2D eigenvalue weighted by Crippen LogP contribution is -1.94. The van der Waals surface area contributed by atoms with Crippen molar-refractivity contribution in [1.29, 1.82) is 0 Å². The van der Waals surface area contributed by atoms with Crippen molar-refractivity contribution in [3.05, 3.63) is 40.0 Å². The number of benzene rings is 1. The van der Waals surface area contributed by atoms with Gasteiger partial charge in [-0.1, -0.05) is 12.1 Å². The second kappa shape index (κ2) is 5.65. The van der Waals surface area contributed by atoms with E-state index >= 15 is 0 Å². The van der Waals surface area contributed by atoms with E-state index in [0.29, 0.717) is 11.3 Å². The zero-order chi connectivity index (χ0) is 12.0. The number of carbonyl (C=O) groups excluding carboxylic acids is 1. The number of hydrogen-bond donors (Lipinski definition) is 0. The van der Waals surface area contributed by atoms with Crippen molar-refractivity contribution in [2.45, 2.75) is 6.42 Å². The van der Waals surface area contributed by atoms with Gasteiger partial charge in [0.2, 0.25) is 0 Å². The first-order valence-electron chi connectivity index (χ1n) is 4.62. The Bertz CT molecular complexity index is 426. The minimum absolute atomic E-state index is 0.0403. The molecule has 1 aromatic carbocycles. The van der Waals surface area contributed by atoms with Crippen LogP contribution in [0.2, 0.25) is 0 Å². The predicted octanol–water partition coefficient (Wildman–Crippen LogP) is 2.21. The molecule has 5 heteroatoms. The van der Waals surface area contributed by atoms with Gasteiger partial charge >= 0.3 is 0 Å². The van der Waals surface area contributed by atoms with Crippen LogP contribution >= 0.6 is 0 Å². The molecule has 0 aliphatic heterocycles. The molecular formula is C11H11NO4. The Morgan fingerprint density at radius 1 is 1.50 bits per heavy atom. The average Bonchev–Trinajstić information content (AvgIpc) is 2.29. The molecule has 1 aromatic rings. The Morgan fingerprint density at radius 2 is 2.25 bits per heavy atom. The number of rotatable bonds is 5. The van der Waals surface area contributed by atoms with Crippen molar-refractivity contribution in [3.8, 4) is 5.75 Å². The van der Waals surface area contributed by atoms with E-state index in [1.54, 1.807) is 18.2 Å². The largest absolute Gasteiger partial charge is 0.496 e. The molecule has 1 rings (SSSR count). The van der Waals surface area contributed by atoms with Gasteiger partial charge in [0.05, 0.1) is 17.6 Å². The van der Waals surface area contributed by atoms with Crippen LogP contribution in [0.5, 0.6) is 5.75 Å². The van der Waals surface area contributed by atoms with Gasteiger partial charge in [0.1, 0.15) is 12.0 Å². The zero-order valence-electron chi connectivity index (χ0n) is 8.75. The van der Waals surface area contributed by atoms with E-state index in [2.05, 4.69) is 0 Å². The Balaban J connectivity index is 3.19. The number of nitro benzene ring substituents is 1. The summed E-state index contributed by atoms with van der Waals surface area (Å²) >= 11 is 0.